The topological polar surface area (TPSA) is 29.1 Å². The van der Waals surface area contributed by atoms with Crippen LogP contribution in [0.5, 0.6) is 0 Å². The minimum absolute atomic E-state index is 0.240. The first-order valence-corrected chi connectivity index (χ1v) is 3.54. The van der Waals surface area contributed by atoms with E-state index in [0.717, 1.165) is 13.0 Å². The largest absolute Gasteiger partial charge is 0.347 e. The number of amides is 1. The van der Waals surface area contributed by atoms with Crippen LogP contribution in [0, 0.1) is 5.92 Å². The zero-order valence-electron chi connectivity index (χ0n) is 5.85. The molecule has 0 heterocycles. The van der Waals surface area contributed by atoms with Crippen LogP contribution in [0.1, 0.15) is 20.3 Å². The average molecular weight is 147 g/mol. The Hall–Kier alpha value is -0.180. The number of hydrogen-bond acceptors (Lipinski definition) is 1. The molecule has 3 heteroatoms. The fourth-order valence-corrected chi connectivity index (χ4v) is 0.580. The van der Waals surface area contributed by atoms with E-state index >= 15 is 0 Å². The third kappa shape index (κ3) is 7.82. The zero-order chi connectivity index (χ0) is 7.28. The second-order valence-corrected chi connectivity index (χ2v) is 2.82. The molecular formula is C6H13NOS. The van der Waals surface area contributed by atoms with Gasteiger partial charge in [-0.25, -0.2) is 0 Å². The first kappa shape index (κ1) is 8.82. The minimum Gasteiger partial charge on any atom is -0.347 e. The van der Waals surface area contributed by atoms with Crippen molar-refractivity contribution in [2.45, 2.75) is 20.3 Å². The third-order valence-corrected chi connectivity index (χ3v) is 1.16. The molecule has 0 aromatic heterocycles. The van der Waals surface area contributed by atoms with Gasteiger partial charge in [-0.05, 0) is 12.3 Å². The summed E-state index contributed by atoms with van der Waals surface area (Å²) in [4.78, 5) is 10.2. The number of rotatable bonds is 3. The van der Waals surface area contributed by atoms with Gasteiger partial charge in [0.2, 0.25) is 0 Å². The fraction of sp³-hybridized carbons (Fsp3) is 0.833. The van der Waals surface area contributed by atoms with Gasteiger partial charge >= 0.3 is 0 Å². The molecule has 0 aromatic carbocycles. The highest BCUT2D eigenvalue weighted by molar-refractivity contribution is 7.96. The van der Waals surface area contributed by atoms with Crippen LogP contribution in [0.25, 0.3) is 0 Å². The second kappa shape index (κ2) is 4.68. The van der Waals surface area contributed by atoms with Gasteiger partial charge in [-0.1, -0.05) is 26.5 Å². The molecule has 0 unspecified atom stereocenters. The highest BCUT2D eigenvalue weighted by atomic mass is 32.1. The van der Waals surface area contributed by atoms with Crippen LogP contribution in [-0.4, -0.2) is 11.8 Å². The Morgan fingerprint density at radius 2 is 2.22 bits per heavy atom. The summed E-state index contributed by atoms with van der Waals surface area (Å²) in [6, 6.07) is 0. The van der Waals surface area contributed by atoms with E-state index in [0.29, 0.717) is 5.92 Å². The highest BCUT2D eigenvalue weighted by Gasteiger charge is 1.93. The number of carbonyl (C=O) groups excluding carboxylic acids is 1. The van der Waals surface area contributed by atoms with Gasteiger partial charge in [0.15, 0.2) is 0 Å². The normalized spacial score (nSPS) is 9.78. The van der Waals surface area contributed by atoms with Crippen molar-refractivity contribution < 1.29 is 4.79 Å². The van der Waals surface area contributed by atoms with Crippen LogP contribution in [0.3, 0.4) is 0 Å². The fourth-order valence-electron chi connectivity index (χ4n) is 0.468. The zero-order valence-corrected chi connectivity index (χ0v) is 6.74. The van der Waals surface area contributed by atoms with Crippen LogP contribution in [-0.2, 0) is 0 Å². The quantitative estimate of drug-likeness (QED) is 0.584. The Kier molecular flexibility index (Phi) is 4.58. The van der Waals surface area contributed by atoms with Crippen molar-refractivity contribution in [3.63, 3.8) is 0 Å². The Morgan fingerprint density at radius 1 is 1.67 bits per heavy atom. The van der Waals surface area contributed by atoms with Gasteiger partial charge < -0.3 is 5.32 Å². The molecule has 0 bridgehead atoms. The van der Waals surface area contributed by atoms with Crippen molar-refractivity contribution in [1.29, 1.82) is 0 Å². The molecule has 0 aromatic rings. The van der Waals surface area contributed by atoms with Crippen molar-refractivity contribution in [1.82, 2.24) is 5.32 Å². The number of carbonyl (C=O) groups is 1. The summed E-state index contributed by atoms with van der Waals surface area (Å²) in [5, 5.41) is 2.36. The molecule has 0 spiro atoms. The smallest absolute Gasteiger partial charge is 0.275 e. The number of nitrogens with one attached hydrogen (secondary N) is 1. The Balaban J connectivity index is 3.01. The van der Waals surface area contributed by atoms with E-state index in [2.05, 4.69) is 31.8 Å². The highest BCUT2D eigenvalue weighted by Crippen LogP contribution is 1.96. The lowest BCUT2D eigenvalue weighted by atomic mass is 10.1. The standard InChI is InChI=1S/C6H13NOS/c1-5(2)3-4-7-6(8)9/h5H,3-4H2,1-2H3,(H2,7,8,9). The molecule has 9 heavy (non-hydrogen) atoms. The van der Waals surface area contributed by atoms with Crippen molar-refractivity contribution in [3.8, 4) is 0 Å². The molecule has 0 fully saturated rings. The van der Waals surface area contributed by atoms with Gasteiger partial charge in [-0.2, -0.15) is 0 Å². The van der Waals surface area contributed by atoms with Gasteiger partial charge in [0, 0.05) is 6.54 Å². The van der Waals surface area contributed by atoms with Gasteiger partial charge in [0.25, 0.3) is 5.24 Å². The second-order valence-electron chi connectivity index (χ2n) is 2.41. The minimum atomic E-state index is -0.240. The first-order chi connectivity index (χ1) is 4.13. The molecule has 0 rings (SSSR count). The van der Waals surface area contributed by atoms with Gasteiger partial charge in [0.1, 0.15) is 0 Å². The lowest BCUT2D eigenvalue weighted by Gasteiger charge is -2.02. The van der Waals surface area contributed by atoms with E-state index in [1.54, 1.807) is 0 Å². The van der Waals surface area contributed by atoms with E-state index in [-0.39, 0.29) is 5.24 Å². The van der Waals surface area contributed by atoms with Crippen LogP contribution in [0.2, 0.25) is 0 Å². The summed E-state index contributed by atoms with van der Waals surface area (Å²) in [5.41, 5.74) is 0. The Labute approximate surface area is 61.4 Å². The molecule has 54 valence electrons. The SMILES string of the molecule is CC(C)CCNC(=O)S. The summed E-state index contributed by atoms with van der Waals surface area (Å²) < 4.78 is 0. The molecule has 1 amide bonds. The molecule has 0 aliphatic heterocycles. The lowest BCUT2D eigenvalue weighted by Crippen LogP contribution is -2.18. The molecule has 1 N–H and O–H groups in total. The maximum Gasteiger partial charge on any atom is 0.275 e. The Bertz CT molecular complexity index is 93.1. The summed E-state index contributed by atoms with van der Waals surface area (Å²) in [6.45, 7) is 4.97. The summed E-state index contributed by atoms with van der Waals surface area (Å²) in [7, 11) is 0. The molecule has 0 saturated heterocycles. The summed E-state index contributed by atoms with van der Waals surface area (Å²) in [6.07, 6.45) is 1.02. The van der Waals surface area contributed by atoms with Crippen LogP contribution in [0.15, 0.2) is 0 Å². The maximum atomic E-state index is 10.2. The molecule has 2 nitrogen and oxygen atoms in total. The number of thiol groups is 1. The van der Waals surface area contributed by atoms with Crippen molar-refractivity contribution in [2.75, 3.05) is 6.54 Å². The molecule has 0 saturated carbocycles. The van der Waals surface area contributed by atoms with Crippen LogP contribution in [0.4, 0.5) is 4.79 Å². The maximum absolute atomic E-state index is 10.2. The molecule has 0 radical (unpaired) electrons. The average Bonchev–Trinajstić information content (AvgIpc) is 1.63. The lowest BCUT2D eigenvalue weighted by molar-refractivity contribution is 0.260. The third-order valence-electron chi connectivity index (χ3n) is 0.998. The number of hydrogen-bond donors (Lipinski definition) is 2. The van der Waals surface area contributed by atoms with Crippen LogP contribution >= 0.6 is 12.6 Å². The van der Waals surface area contributed by atoms with Gasteiger partial charge in [0.05, 0.1) is 0 Å². The van der Waals surface area contributed by atoms with E-state index < -0.39 is 0 Å². The van der Waals surface area contributed by atoms with Gasteiger partial charge in [-0.3, -0.25) is 4.79 Å². The summed E-state index contributed by atoms with van der Waals surface area (Å²) >= 11 is 3.55. The molecule has 0 aliphatic carbocycles. The van der Waals surface area contributed by atoms with Crippen molar-refractivity contribution >= 4 is 17.9 Å². The first-order valence-electron chi connectivity index (χ1n) is 3.09. The van der Waals surface area contributed by atoms with Gasteiger partial charge in [-0.15, -0.1) is 0 Å². The summed E-state index contributed by atoms with van der Waals surface area (Å²) in [5.74, 6) is 0.644. The molecule has 0 aliphatic rings. The molecule has 0 atom stereocenters. The van der Waals surface area contributed by atoms with Crippen LogP contribution < -0.4 is 5.32 Å². The van der Waals surface area contributed by atoms with E-state index in [9.17, 15) is 4.79 Å². The van der Waals surface area contributed by atoms with Crippen molar-refractivity contribution in [2.24, 2.45) is 5.92 Å². The predicted octanol–water partition coefficient (Wildman–Crippen LogP) is 1.67. The monoisotopic (exact) mass is 147 g/mol. The Morgan fingerprint density at radius 3 is 2.56 bits per heavy atom. The van der Waals surface area contributed by atoms with E-state index in [4.69, 9.17) is 0 Å². The van der Waals surface area contributed by atoms with E-state index in [1.807, 2.05) is 0 Å². The van der Waals surface area contributed by atoms with E-state index in [1.165, 1.54) is 0 Å². The predicted molar refractivity (Wildman–Crippen MR) is 41.8 cm³/mol. The van der Waals surface area contributed by atoms with Crippen molar-refractivity contribution in [3.05, 3.63) is 0 Å². The molecular weight excluding hydrogens is 134 g/mol.